The van der Waals surface area contributed by atoms with Crippen molar-refractivity contribution in [3.05, 3.63) is 0 Å². The summed E-state index contributed by atoms with van der Waals surface area (Å²) < 4.78 is 53.2. The maximum absolute atomic E-state index is 9.51. The van der Waals surface area contributed by atoms with Gasteiger partial charge in [0.2, 0.25) is 0 Å². The second-order valence-electron chi connectivity index (χ2n) is 1.94. The molecular formula is C6H10O3. The van der Waals surface area contributed by atoms with Gasteiger partial charge in [-0.3, -0.25) is 0 Å². The Labute approximate surface area is 62.0 Å². The summed E-state index contributed by atoms with van der Waals surface area (Å²) in [4.78, 5) is 0. The summed E-state index contributed by atoms with van der Waals surface area (Å²) in [7, 11) is 0. The monoisotopic (exact) mass is 136 g/mol. The van der Waals surface area contributed by atoms with Gasteiger partial charge in [-0.15, -0.1) is 0 Å². The van der Waals surface area contributed by atoms with E-state index < -0.39 is 37.8 Å². The highest BCUT2D eigenvalue weighted by molar-refractivity contribution is 4.81. The molecule has 52 valence electrons. The lowest BCUT2D eigenvalue weighted by Crippen LogP contribution is -2.18. The molecule has 0 unspecified atom stereocenters. The summed E-state index contributed by atoms with van der Waals surface area (Å²) in [6.07, 6.45) is -5.61. The first-order valence-corrected chi connectivity index (χ1v) is 2.63. The van der Waals surface area contributed by atoms with Gasteiger partial charge in [0.15, 0.2) is 6.29 Å². The minimum absolute atomic E-state index is 1.36. The zero-order valence-corrected chi connectivity index (χ0v) is 4.50. The van der Waals surface area contributed by atoms with Gasteiger partial charge in [-0.05, 0) is 6.37 Å². The summed E-state index contributed by atoms with van der Waals surface area (Å²) in [5.74, 6) is -1.36. The van der Waals surface area contributed by atoms with Gasteiger partial charge in [-0.1, -0.05) is 0 Å². The Hall–Kier alpha value is -0.120. The molecule has 3 atom stereocenters. The zero-order chi connectivity index (χ0) is 11.6. The van der Waals surface area contributed by atoms with E-state index in [-0.39, 0.29) is 0 Å². The standard InChI is InChI=1S/C6H10O3/c7-5-3-9-6-4(5)1-2-8-6/h4-7H,1-3H2/t4-,5-,6+/m0/s1/i1D2,2D2,3D2. The van der Waals surface area contributed by atoms with E-state index in [1.54, 1.807) is 0 Å². The van der Waals surface area contributed by atoms with Gasteiger partial charge in [0.1, 0.15) is 0 Å². The van der Waals surface area contributed by atoms with Gasteiger partial charge in [0.05, 0.1) is 24.7 Å². The maximum Gasteiger partial charge on any atom is 0.163 e. The van der Waals surface area contributed by atoms with Crippen molar-refractivity contribution in [1.29, 1.82) is 0 Å². The molecule has 0 aliphatic carbocycles. The maximum atomic E-state index is 9.51. The van der Waals surface area contributed by atoms with Crippen LogP contribution in [0, 0.1) is 5.92 Å². The van der Waals surface area contributed by atoms with Crippen LogP contribution >= 0.6 is 0 Å². The molecule has 2 aliphatic rings. The number of aliphatic hydroxyl groups is 1. The van der Waals surface area contributed by atoms with Crippen LogP contribution in [0.4, 0.5) is 0 Å². The summed E-state index contributed by atoms with van der Waals surface area (Å²) in [6.45, 7) is -4.99. The van der Waals surface area contributed by atoms with Crippen molar-refractivity contribution in [3.63, 3.8) is 0 Å². The topological polar surface area (TPSA) is 38.7 Å². The Morgan fingerprint density at radius 2 is 2.44 bits per heavy atom. The van der Waals surface area contributed by atoms with Crippen LogP contribution in [0.3, 0.4) is 0 Å². The third-order valence-corrected chi connectivity index (χ3v) is 1.34. The predicted molar refractivity (Wildman–Crippen MR) is 29.8 cm³/mol. The molecule has 9 heavy (non-hydrogen) atoms. The molecule has 3 heteroatoms. The van der Waals surface area contributed by atoms with Gasteiger partial charge >= 0.3 is 0 Å². The second kappa shape index (κ2) is 1.94. The highest BCUT2D eigenvalue weighted by atomic mass is 16.7. The lowest BCUT2D eigenvalue weighted by atomic mass is 10.0. The lowest BCUT2D eigenvalue weighted by Gasteiger charge is -2.06. The Bertz CT molecular complexity index is 293. The number of rotatable bonds is 0. The molecule has 3 nitrogen and oxygen atoms in total. The van der Waals surface area contributed by atoms with E-state index in [4.69, 9.17) is 8.22 Å². The third-order valence-electron chi connectivity index (χ3n) is 1.34. The molecule has 0 aromatic rings. The first-order valence-electron chi connectivity index (χ1n) is 5.63. The molecule has 2 rings (SSSR count). The zero-order valence-electron chi connectivity index (χ0n) is 10.5. The Morgan fingerprint density at radius 1 is 1.56 bits per heavy atom. The van der Waals surface area contributed by atoms with E-state index in [2.05, 4.69) is 9.47 Å². The SMILES string of the molecule is [2H]C1([2H])O[C@H]2OC([2H])([2H])C([2H])([2H])[C@H]2[C@H]1O. The smallest absolute Gasteiger partial charge is 0.163 e. The quantitative estimate of drug-likeness (QED) is 0.498. The lowest BCUT2D eigenvalue weighted by molar-refractivity contribution is -0.0907. The molecule has 0 aromatic carbocycles. The van der Waals surface area contributed by atoms with Gasteiger partial charge in [-0.2, -0.15) is 0 Å². The van der Waals surface area contributed by atoms with Crippen molar-refractivity contribution in [2.75, 3.05) is 13.1 Å². The van der Waals surface area contributed by atoms with Crippen LogP contribution < -0.4 is 0 Å². The number of hydrogen-bond acceptors (Lipinski definition) is 3. The highest BCUT2D eigenvalue weighted by Gasteiger charge is 2.40. The average Bonchev–Trinajstić information content (AvgIpc) is 2.29. The number of hydrogen-bond donors (Lipinski definition) is 1. The Kier molecular flexibility index (Phi) is 0.470. The summed E-state index contributed by atoms with van der Waals surface area (Å²) in [5, 5.41) is 9.51. The molecule has 2 fully saturated rings. The minimum Gasteiger partial charge on any atom is -0.390 e. The van der Waals surface area contributed by atoms with Gasteiger partial charge in [0.25, 0.3) is 0 Å². The molecule has 0 aromatic heterocycles. The van der Waals surface area contributed by atoms with Crippen molar-refractivity contribution in [3.8, 4) is 0 Å². The van der Waals surface area contributed by atoms with Crippen LogP contribution in [0.5, 0.6) is 0 Å². The van der Waals surface area contributed by atoms with Crippen LogP contribution in [-0.4, -0.2) is 30.6 Å². The first kappa shape index (κ1) is 2.19. The summed E-state index contributed by atoms with van der Waals surface area (Å²) in [6, 6.07) is 0. The number of fused-ring (bicyclic) bond motifs is 1. The van der Waals surface area contributed by atoms with E-state index in [0.29, 0.717) is 0 Å². The molecule has 2 saturated heterocycles. The van der Waals surface area contributed by atoms with Crippen LogP contribution in [-0.2, 0) is 9.47 Å². The normalized spacial score (nSPS) is 76.3. The van der Waals surface area contributed by atoms with E-state index in [0.717, 1.165) is 0 Å². The predicted octanol–water partition coefficient (Wildman–Crippen LogP) is -0.260. The fraction of sp³-hybridized carbons (Fsp3) is 1.00. The van der Waals surface area contributed by atoms with Gasteiger partial charge in [-0.25, -0.2) is 0 Å². The van der Waals surface area contributed by atoms with Crippen LogP contribution in [0.25, 0.3) is 0 Å². The molecule has 0 radical (unpaired) electrons. The number of ether oxygens (including phenoxy) is 2. The van der Waals surface area contributed by atoms with E-state index in [9.17, 15) is 5.11 Å². The fourth-order valence-corrected chi connectivity index (χ4v) is 0.837. The van der Waals surface area contributed by atoms with E-state index >= 15 is 0 Å². The first-order chi connectivity index (χ1) is 6.59. The highest BCUT2D eigenvalue weighted by Crippen LogP contribution is 2.30. The molecule has 2 heterocycles. The van der Waals surface area contributed by atoms with E-state index in [1.807, 2.05) is 0 Å². The molecule has 0 spiro atoms. The van der Waals surface area contributed by atoms with Gasteiger partial charge in [0, 0.05) is 8.66 Å². The third kappa shape index (κ3) is 0.764. The minimum atomic E-state index is -2.58. The Morgan fingerprint density at radius 3 is 3.22 bits per heavy atom. The summed E-state index contributed by atoms with van der Waals surface area (Å²) in [5.41, 5.74) is 0. The molecular weight excluding hydrogens is 120 g/mol. The fourth-order valence-electron chi connectivity index (χ4n) is 0.837. The van der Waals surface area contributed by atoms with E-state index in [1.165, 1.54) is 0 Å². The van der Waals surface area contributed by atoms with Crippen molar-refractivity contribution in [2.24, 2.45) is 5.92 Å². The van der Waals surface area contributed by atoms with Crippen molar-refractivity contribution in [1.82, 2.24) is 0 Å². The summed E-state index contributed by atoms with van der Waals surface area (Å²) >= 11 is 0. The van der Waals surface area contributed by atoms with Crippen molar-refractivity contribution >= 4 is 0 Å². The number of aliphatic hydroxyl groups excluding tert-OH is 1. The molecule has 2 aliphatic heterocycles. The van der Waals surface area contributed by atoms with Crippen molar-refractivity contribution < 1.29 is 22.8 Å². The molecule has 1 N–H and O–H groups in total. The molecule has 0 amide bonds. The molecule has 0 bridgehead atoms. The molecule has 0 saturated carbocycles. The average molecular weight is 136 g/mol. The Balaban J connectivity index is 2.36. The van der Waals surface area contributed by atoms with Crippen LogP contribution in [0.1, 0.15) is 14.6 Å². The largest absolute Gasteiger partial charge is 0.390 e. The van der Waals surface area contributed by atoms with Crippen LogP contribution in [0.2, 0.25) is 0 Å². The second-order valence-corrected chi connectivity index (χ2v) is 1.94. The van der Waals surface area contributed by atoms with Crippen molar-refractivity contribution in [2.45, 2.75) is 18.8 Å². The van der Waals surface area contributed by atoms with Gasteiger partial charge < -0.3 is 14.6 Å². The van der Waals surface area contributed by atoms with Crippen LogP contribution in [0.15, 0.2) is 0 Å².